The fraction of sp³-hybridized carbons (Fsp3) is 0.273. The van der Waals surface area contributed by atoms with Gasteiger partial charge in [0.2, 0.25) is 5.82 Å². The van der Waals surface area contributed by atoms with Gasteiger partial charge in [0.25, 0.3) is 5.91 Å². The first-order valence-electron chi connectivity index (χ1n) is 5.50. The molecule has 21 heavy (non-hydrogen) atoms. The van der Waals surface area contributed by atoms with E-state index in [9.17, 15) is 28.5 Å². The number of nitrogens with zero attached hydrogens (tertiary/aromatic N) is 1. The van der Waals surface area contributed by atoms with Crippen LogP contribution in [0.15, 0.2) is 12.1 Å². The first-order chi connectivity index (χ1) is 9.65. The van der Waals surface area contributed by atoms with Gasteiger partial charge in [-0.1, -0.05) is 0 Å². The topological polar surface area (TPSA) is 130 Å². The third kappa shape index (κ3) is 3.69. The molecule has 3 N–H and O–H groups in total. The van der Waals surface area contributed by atoms with Gasteiger partial charge in [0.15, 0.2) is 6.04 Å². The minimum Gasteiger partial charge on any atom is -0.480 e. The average molecular weight is 304 g/mol. The fourth-order valence-corrected chi connectivity index (χ4v) is 1.46. The first kappa shape index (κ1) is 16.4. The highest BCUT2D eigenvalue weighted by Crippen LogP contribution is 2.21. The van der Waals surface area contributed by atoms with E-state index >= 15 is 0 Å². The highest BCUT2D eigenvalue weighted by atomic mass is 19.1. The van der Waals surface area contributed by atoms with Crippen molar-refractivity contribution < 1.29 is 33.5 Å². The lowest BCUT2D eigenvalue weighted by atomic mass is 10.1. The zero-order chi connectivity index (χ0) is 16.3. The Balaban J connectivity index is 3.11. The van der Waals surface area contributed by atoms with Gasteiger partial charge in [0.1, 0.15) is 5.82 Å². The predicted molar refractivity (Wildman–Crippen MR) is 63.6 cm³/mol. The summed E-state index contributed by atoms with van der Waals surface area (Å²) < 4.78 is 26.9. The molecule has 8 nitrogen and oxygen atoms in total. The normalized spacial score (nSPS) is 13.3. The molecule has 0 fully saturated rings. The molecule has 1 amide bonds. The van der Waals surface area contributed by atoms with E-state index in [1.807, 2.05) is 0 Å². The Morgan fingerprint density at radius 1 is 1.33 bits per heavy atom. The molecule has 1 aromatic rings. The Labute approximate surface area is 116 Å². The lowest BCUT2D eigenvalue weighted by Crippen LogP contribution is -2.47. The minimum absolute atomic E-state index is 0.211. The van der Waals surface area contributed by atoms with Crippen LogP contribution in [0.3, 0.4) is 0 Å². The molecule has 1 rings (SSSR count). The van der Waals surface area contributed by atoms with Gasteiger partial charge < -0.3 is 15.5 Å². The molecule has 0 spiro atoms. The van der Waals surface area contributed by atoms with Gasteiger partial charge in [-0.2, -0.15) is 4.39 Å². The highest BCUT2D eigenvalue weighted by Gasteiger charge is 2.28. The largest absolute Gasteiger partial charge is 0.480 e. The predicted octanol–water partition coefficient (Wildman–Crippen LogP) is 0.437. The Morgan fingerprint density at radius 3 is 2.33 bits per heavy atom. The zero-order valence-corrected chi connectivity index (χ0v) is 10.5. The summed E-state index contributed by atoms with van der Waals surface area (Å²) in [6.07, 6.45) is -1.49. The van der Waals surface area contributed by atoms with Gasteiger partial charge in [-0.25, -0.2) is 9.18 Å². The molecule has 0 radical (unpaired) electrons. The van der Waals surface area contributed by atoms with Crippen molar-refractivity contribution in [2.24, 2.45) is 0 Å². The Hall–Kier alpha value is -2.62. The minimum atomic E-state index is -1.74. The number of benzene rings is 1. The number of halogens is 2. The maximum atomic E-state index is 13.6. The summed E-state index contributed by atoms with van der Waals surface area (Å²) in [6.45, 7) is 1.08. The van der Waals surface area contributed by atoms with Gasteiger partial charge in [0.05, 0.1) is 22.7 Å². The molecule has 0 aromatic heterocycles. The number of hydrogen-bond donors (Lipinski definition) is 3. The van der Waals surface area contributed by atoms with E-state index in [0.29, 0.717) is 0 Å². The number of nitro benzene ring substituents is 1. The maximum Gasteiger partial charge on any atom is 0.328 e. The van der Waals surface area contributed by atoms with Crippen molar-refractivity contribution in [2.75, 3.05) is 0 Å². The van der Waals surface area contributed by atoms with Gasteiger partial charge in [-0.3, -0.25) is 14.9 Å². The molecule has 0 aliphatic carbocycles. The lowest BCUT2D eigenvalue weighted by molar-refractivity contribution is -0.387. The summed E-state index contributed by atoms with van der Waals surface area (Å²) in [6, 6.07) is -1.25. The summed E-state index contributed by atoms with van der Waals surface area (Å²) >= 11 is 0. The maximum absolute atomic E-state index is 13.6. The Kier molecular flexibility index (Phi) is 4.87. The summed E-state index contributed by atoms with van der Waals surface area (Å²) in [4.78, 5) is 31.7. The number of carbonyl (C=O) groups excluding carboxylic acids is 1. The van der Waals surface area contributed by atoms with Crippen molar-refractivity contribution in [1.29, 1.82) is 0 Å². The molecule has 0 saturated carbocycles. The third-order valence-corrected chi connectivity index (χ3v) is 2.51. The van der Waals surface area contributed by atoms with Crippen LogP contribution in [-0.2, 0) is 4.79 Å². The third-order valence-electron chi connectivity index (χ3n) is 2.51. The van der Waals surface area contributed by atoms with Crippen molar-refractivity contribution in [2.45, 2.75) is 19.1 Å². The number of aliphatic hydroxyl groups excluding tert-OH is 1. The molecule has 2 unspecified atom stereocenters. The van der Waals surface area contributed by atoms with Crippen molar-refractivity contribution in [3.8, 4) is 0 Å². The van der Waals surface area contributed by atoms with Crippen LogP contribution in [0.4, 0.5) is 14.5 Å². The van der Waals surface area contributed by atoms with Gasteiger partial charge in [-0.15, -0.1) is 0 Å². The zero-order valence-electron chi connectivity index (χ0n) is 10.5. The number of aliphatic carboxylic acids is 1. The van der Waals surface area contributed by atoms with Crippen LogP contribution < -0.4 is 5.32 Å². The Bertz CT molecular complexity index is 605. The van der Waals surface area contributed by atoms with Crippen LogP contribution in [0.2, 0.25) is 0 Å². The Morgan fingerprint density at radius 2 is 1.90 bits per heavy atom. The fourth-order valence-electron chi connectivity index (χ4n) is 1.46. The first-order valence-corrected chi connectivity index (χ1v) is 5.50. The summed E-state index contributed by atoms with van der Waals surface area (Å²) in [7, 11) is 0. The van der Waals surface area contributed by atoms with E-state index in [0.717, 1.165) is 6.92 Å². The number of amides is 1. The summed E-state index contributed by atoms with van der Waals surface area (Å²) in [5.74, 6) is -5.75. The molecule has 114 valence electrons. The smallest absolute Gasteiger partial charge is 0.328 e. The van der Waals surface area contributed by atoms with Gasteiger partial charge in [-0.05, 0) is 13.0 Å². The second-order valence-electron chi connectivity index (χ2n) is 4.07. The van der Waals surface area contributed by atoms with E-state index < -0.39 is 51.8 Å². The number of carbonyl (C=O) groups is 2. The summed E-state index contributed by atoms with van der Waals surface area (Å²) in [5, 5.41) is 30.1. The molecule has 1 aromatic carbocycles. The van der Waals surface area contributed by atoms with Crippen LogP contribution >= 0.6 is 0 Å². The van der Waals surface area contributed by atoms with E-state index in [-0.39, 0.29) is 12.1 Å². The standard InChI is InChI=1S/C11H10F2N2O6/c1-4(16)9(11(18)19)14-10(17)5-2-7(13)8(15(20)21)3-6(5)12/h2-4,9,16H,1H3,(H,14,17)(H,18,19). The average Bonchev–Trinajstić information content (AvgIpc) is 2.36. The number of nitrogens with one attached hydrogen (secondary N) is 1. The van der Waals surface area contributed by atoms with Gasteiger partial charge in [0, 0.05) is 0 Å². The number of carboxylic acids is 1. The second-order valence-corrected chi connectivity index (χ2v) is 4.07. The molecule has 0 bridgehead atoms. The number of hydrogen-bond acceptors (Lipinski definition) is 5. The molecular weight excluding hydrogens is 294 g/mol. The lowest BCUT2D eigenvalue weighted by Gasteiger charge is -2.17. The summed E-state index contributed by atoms with van der Waals surface area (Å²) in [5.41, 5.74) is -2.07. The van der Waals surface area contributed by atoms with Crippen LogP contribution in [0.1, 0.15) is 17.3 Å². The molecule has 0 aliphatic rings. The van der Waals surface area contributed by atoms with Crippen LogP contribution in [0.25, 0.3) is 0 Å². The quantitative estimate of drug-likeness (QED) is 0.534. The van der Waals surface area contributed by atoms with Crippen LogP contribution in [-0.4, -0.2) is 39.2 Å². The van der Waals surface area contributed by atoms with Gasteiger partial charge >= 0.3 is 11.7 Å². The van der Waals surface area contributed by atoms with E-state index in [1.165, 1.54) is 0 Å². The van der Waals surface area contributed by atoms with E-state index in [4.69, 9.17) is 10.2 Å². The molecular formula is C11H10F2N2O6. The SMILES string of the molecule is CC(O)C(NC(=O)c1cc(F)c([N+](=O)[O-])cc1F)C(=O)O. The number of nitro groups is 1. The number of aliphatic hydroxyl groups is 1. The van der Waals surface area contributed by atoms with Crippen molar-refractivity contribution in [3.63, 3.8) is 0 Å². The monoisotopic (exact) mass is 304 g/mol. The van der Waals surface area contributed by atoms with Crippen molar-refractivity contribution >= 4 is 17.6 Å². The molecule has 2 atom stereocenters. The molecule has 0 heterocycles. The van der Waals surface area contributed by atoms with E-state index in [2.05, 4.69) is 0 Å². The number of carboxylic acid groups (broad SMARTS) is 1. The van der Waals surface area contributed by atoms with Crippen molar-refractivity contribution in [1.82, 2.24) is 5.32 Å². The van der Waals surface area contributed by atoms with Crippen LogP contribution in [0, 0.1) is 21.7 Å². The molecule has 10 heteroatoms. The van der Waals surface area contributed by atoms with Crippen LogP contribution in [0.5, 0.6) is 0 Å². The molecule has 0 saturated heterocycles. The number of rotatable bonds is 5. The highest BCUT2D eigenvalue weighted by molar-refractivity contribution is 5.97. The van der Waals surface area contributed by atoms with Crippen molar-refractivity contribution in [3.05, 3.63) is 39.4 Å². The molecule has 0 aliphatic heterocycles. The van der Waals surface area contributed by atoms with E-state index in [1.54, 1.807) is 5.32 Å². The second kappa shape index (κ2) is 6.22.